The molecule has 0 aliphatic carbocycles. The van der Waals surface area contributed by atoms with E-state index >= 15 is 0 Å². The zero-order chi connectivity index (χ0) is 18.4. The highest BCUT2D eigenvalue weighted by atomic mass is 35.5. The van der Waals surface area contributed by atoms with Gasteiger partial charge < -0.3 is 9.64 Å². The summed E-state index contributed by atoms with van der Waals surface area (Å²) in [6.07, 6.45) is 0. The molecule has 0 bridgehead atoms. The molecule has 24 heavy (non-hydrogen) atoms. The normalized spacial score (nSPS) is 12.2. The standard InChI is InChI=1S/C11H16ClNO9S2/c1-20-11-7-9(12)6-10(8-11)13(2-4-21-23(14,15)16)3-5-22-24(17,18)19/h6-8H,2-5H2,1H3,(H,14,15,16)(H,17,18,19). The average molecular weight is 406 g/mol. The molecule has 13 heteroatoms. The number of anilines is 1. The van der Waals surface area contributed by atoms with Gasteiger partial charge in [-0.15, -0.1) is 0 Å². The molecule has 0 fully saturated rings. The third kappa shape index (κ3) is 8.63. The summed E-state index contributed by atoms with van der Waals surface area (Å²) in [5.74, 6) is 0.411. The van der Waals surface area contributed by atoms with Crippen LogP contribution in [0.1, 0.15) is 0 Å². The fourth-order valence-corrected chi connectivity index (χ4v) is 2.51. The molecule has 0 aliphatic rings. The molecular weight excluding hydrogens is 390 g/mol. The summed E-state index contributed by atoms with van der Waals surface area (Å²) in [6, 6.07) is 4.62. The molecular formula is C11H16ClNO9S2. The minimum Gasteiger partial charge on any atom is -0.497 e. The second-order valence-corrected chi connectivity index (χ2v) is 6.95. The second kappa shape index (κ2) is 8.80. The number of halogens is 1. The Morgan fingerprint density at radius 2 is 1.50 bits per heavy atom. The van der Waals surface area contributed by atoms with Crippen LogP contribution in [-0.2, 0) is 29.2 Å². The summed E-state index contributed by atoms with van der Waals surface area (Å²) in [4.78, 5) is 1.46. The molecule has 1 rings (SSSR count). The van der Waals surface area contributed by atoms with Gasteiger partial charge in [-0.25, -0.2) is 8.37 Å². The Bertz CT molecular complexity index is 713. The zero-order valence-corrected chi connectivity index (χ0v) is 14.8. The van der Waals surface area contributed by atoms with Crippen molar-refractivity contribution in [3.63, 3.8) is 0 Å². The van der Waals surface area contributed by atoms with Crippen LogP contribution in [0.3, 0.4) is 0 Å². The van der Waals surface area contributed by atoms with Crippen LogP contribution in [0.2, 0.25) is 5.02 Å². The maximum absolute atomic E-state index is 10.6. The Kier molecular flexibility index (Phi) is 7.66. The lowest BCUT2D eigenvalue weighted by Crippen LogP contribution is -2.32. The van der Waals surface area contributed by atoms with Crippen molar-refractivity contribution < 1.29 is 39.0 Å². The Morgan fingerprint density at radius 3 is 1.92 bits per heavy atom. The van der Waals surface area contributed by atoms with Crippen LogP contribution in [0.4, 0.5) is 5.69 Å². The molecule has 0 aliphatic heterocycles. The van der Waals surface area contributed by atoms with Crippen molar-refractivity contribution in [2.75, 3.05) is 38.3 Å². The topological polar surface area (TPSA) is 140 Å². The van der Waals surface area contributed by atoms with Crippen LogP contribution in [-0.4, -0.2) is 59.4 Å². The van der Waals surface area contributed by atoms with Crippen LogP contribution in [0.25, 0.3) is 0 Å². The van der Waals surface area contributed by atoms with Gasteiger partial charge in [-0.2, -0.15) is 16.8 Å². The molecule has 0 aromatic heterocycles. The van der Waals surface area contributed by atoms with Crippen LogP contribution >= 0.6 is 11.6 Å². The summed E-state index contributed by atoms with van der Waals surface area (Å²) < 4.78 is 73.0. The van der Waals surface area contributed by atoms with E-state index in [1.54, 1.807) is 6.07 Å². The van der Waals surface area contributed by atoms with Gasteiger partial charge in [-0.1, -0.05) is 11.6 Å². The van der Waals surface area contributed by atoms with Gasteiger partial charge in [0.2, 0.25) is 0 Å². The van der Waals surface area contributed by atoms with E-state index in [-0.39, 0.29) is 13.1 Å². The maximum atomic E-state index is 10.6. The molecule has 1 aromatic rings. The average Bonchev–Trinajstić information content (AvgIpc) is 2.42. The van der Waals surface area contributed by atoms with Gasteiger partial charge in [-0.05, 0) is 12.1 Å². The van der Waals surface area contributed by atoms with Crippen LogP contribution in [0.5, 0.6) is 5.75 Å². The van der Waals surface area contributed by atoms with E-state index < -0.39 is 34.0 Å². The van der Waals surface area contributed by atoms with E-state index in [2.05, 4.69) is 8.37 Å². The first-order chi connectivity index (χ1) is 11.0. The number of nitrogens with zero attached hydrogens (tertiary/aromatic N) is 1. The van der Waals surface area contributed by atoms with Gasteiger partial charge in [0.05, 0.1) is 20.3 Å². The van der Waals surface area contributed by atoms with Crippen molar-refractivity contribution in [3.05, 3.63) is 23.2 Å². The van der Waals surface area contributed by atoms with Crippen molar-refractivity contribution in [1.82, 2.24) is 0 Å². The minimum atomic E-state index is -4.61. The lowest BCUT2D eigenvalue weighted by molar-refractivity contribution is 0.261. The molecule has 10 nitrogen and oxygen atoms in total. The Balaban J connectivity index is 2.88. The van der Waals surface area contributed by atoms with E-state index in [1.807, 2.05) is 0 Å². The first-order valence-electron chi connectivity index (χ1n) is 6.33. The molecule has 0 atom stereocenters. The van der Waals surface area contributed by atoms with Crippen LogP contribution in [0.15, 0.2) is 18.2 Å². The lowest BCUT2D eigenvalue weighted by atomic mass is 10.2. The van der Waals surface area contributed by atoms with Gasteiger partial charge in [0.25, 0.3) is 0 Å². The summed E-state index contributed by atoms with van der Waals surface area (Å²) in [6.45, 7) is -0.949. The fourth-order valence-electron chi connectivity index (χ4n) is 1.72. The predicted octanol–water partition coefficient (Wildman–Crippen LogP) is 0.794. The van der Waals surface area contributed by atoms with Crippen molar-refractivity contribution in [1.29, 1.82) is 0 Å². The zero-order valence-electron chi connectivity index (χ0n) is 12.5. The summed E-state index contributed by atoms with van der Waals surface area (Å²) in [7, 11) is -7.80. The highest BCUT2D eigenvalue weighted by molar-refractivity contribution is 7.81. The van der Waals surface area contributed by atoms with Gasteiger partial charge in [0.15, 0.2) is 0 Å². The van der Waals surface area contributed by atoms with Gasteiger partial charge in [0.1, 0.15) is 5.75 Å². The summed E-state index contributed by atoms with van der Waals surface area (Å²) in [5.41, 5.74) is 0.456. The maximum Gasteiger partial charge on any atom is 0.397 e. The molecule has 0 unspecified atom stereocenters. The van der Waals surface area contributed by atoms with Crippen LogP contribution < -0.4 is 9.64 Å². The van der Waals surface area contributed by atoms with Crippen LogP contribution in [0, 0.1) is 0 Å². The molecule has 0 heterocycles. The van der Waals surface area contributed by atoms with Gasteiger partial charge in [-0.3, -0.25) is 9.11 Å². The van der Waals surface area contributed by atoms with Crippen molar-refractivity contribution in [2.24, 2.45) is 0 Å². The third-order valence-electron chi connectivity index (χ3n) is 2.64. The molecule has 0 amide bonds. The number of hydrogen-bond donors (Lipinski definition) is 2. The molecule has 1 aromatic carbocycles. The summed E-state index contributed by atoms with van der Waals surface area (Å²) in [5, 5.41) is 0.320. The monoisotopic (exact) mass is 405 g/mol. The number of benzene rings is 1. The highest BCUT2D eigenvalue weighted by Crippen LogP contribution is 2.26. The van der Waals surface area contributed by atoms with Crippen molar-refractivity contribution in [2.45, 2.75) is 0 Å². The number of hydrogen-bond acceptors (Lipinski definition) is 8. The molecule has 0 saturated carbocycles. The minimum absolute atomic E-state index is 0.0574. The van der Waals surface area contributed by atoms with E-state index in [0.717, 1.165) is 0 Å². The van der Waals surface area contributed by atoms with E-state index in [9.17, 15) is 16.8 Å². The first kappa shape index (κ1) is 20.9. The van der Waals surface area contributed by atoms with Gasteiger partial charge in [0, 0.05) is 29.9 Å². The van der Waals surface area contributed by atoms with Crippen molar-refractivity contribution >= 4 is 38.1 Å². The second-order valence-electron chi connectivity index (χ2n) is 4.34. The number of ether oxygens (including phenoxy) is 1. The van der Waals surface area contributed by atoms with Crippen molar-refractivity contribution in [3.8, 4) is 5.75 Å². The summed E-state index contributed by atoms with van der Waals surface area (Å²) >= 11 is 5.95. The SMILES string of the molecule is COc1cc(Cl)cc(N(CCOS(=O)(=O)O)CCOS(=O)(=O)O)c1. The molecule has 0 spiro atoms. The predicted molar refractivity (Wildman–Crippen MR) is 85.2 cm³/mol. The third-order valence-corrected chi connectivity index (χ3v) is 3.79. The number of methoxy groups -OCH3 is 1. The largest absolute Gasteiger partial charge is 0.497 e. The smallest absolute Gasteiger partial charge is 0.397 e. The van der Waals surface area contributed by atoms with E-state index in [1.165, 1.54) is 24.1 Å². The van der Waals surface area contributed by atoms with Gasteiger partial charge >= 0.3 is 20.8 Å². The molecule has 2 N–H and O–H groups in total. The molecule has 0 radical (unpaired) electrons. The number of rotatable bonds is 10. The fraction of sp³-hybridized carbons (Fsp3) is 0.455. The first-order valence-corrected chi connectivity index (χ1v) is 9.44. The van der Waals surface area contributed by atoms with E-state index in [0.29, 0.717) is 16.5 Å². The van der Waals surface area contributed by atoms with E-state index in [4.69, 9.17) is 25.4 Å². The Labute approximate surface area is 144 Å². The Hall–Kier alpha value is -1.15. The molecule has 138 valence electrons. The highest BCUT2D eigenvalue weighted by Gasteiger charge is 2.13. The lowest BCUT2D eigenvalue weighted by Gasteiger charge is -2.24. The Morgan fingerprint density at radius 1 is 1.00 bits per heavy atom. The molecule has 0 saturated heterocycles. The quantitative estimate of drug-likeness (QED) is 0.537.